The molecule has 1 amide bonds. The number of anilines is 1. The van der Waals surface area contributed by atoms with Gasteiger partial charge >= 0.3 is 0 Å². The van der Waals surface area contributed by atoms with E-state index in [0.29, 0.717) is 18.8 Å². The number of aryl methyl sites for hydroxylation is 2. The van der Waals surface area contributed by atoms with Gasteiger partial charge in [0.15, 0.2) is 6.61 Å². The van der Waals surface area contributed by atoms with E-state index in [9.17, 15) is 13.2 Å². The van der Waals surface area contributed by atoms with E-state index in [1.54, 1.807) is 19.9 Å². The summed E-state index contributed by atoms with van der Waals surface area (Å²) in [7, 11) is -3.78. The second kappa shape index (κ2) is 9.41. The number of carbonyl (C=O) groups excluding carboxylic acids is 1. The van der Waals surface area contributed by atoms with Crippen LogP contribution in [0.4, 0.5) is 5.69 Å². The van der Waals surface area contributed by atoms with Gasteiger partial charge < -0.3 is 10.1 Å². The van der Waals surface area contributed by atoms with E-state index < -0.39 is 10.0 Å². The summed E-state index contributed by atoms with van der Waals surface area (Å²) >= 11 is 5.99. The van der Waals surface area contributed by atoms with Crippen LogP contribution in [0.25, 0.3) is 0 Å². The summed E-state index contributed by atoms with van der Waals surface area (Å²) in [6, 6.07) is 9.91. The summed E-state index contributed by atoms with van der Waals surface area (Å²) in [6.45, 7) is 7.76. The van der Waals surface area contributed by atoms with E-state index in [1.807, 2.05) is 26.0 Å². The Bertz CT molecular complexity index is 957. The summed E-state index contributed by atoms with van der Waals surface area (Å²) in [5.74, 6) is -0.295. The normalized spacial score (nSPS) is 11.5. The minimum atomic E-state index is -3.78. The Labute approximate surface area is 171 Å². The lowest BCUT2D eigenvalue weighted by molar-refractivity contribution is -0.118. The van der Waals surface area contributed by atoms with Crippen molar-refractivity contribution in [3.8, 4) is 5.75 Å². The molecular weight excluding hydrogens is 400 g/mol. The summed E-state index contributed by atoms with van der Waals surface area (Å²) < 4.78 is 32.6. The Kier molecular flexibility index (Phi) is 7.46. The molecule has 6 nitrogen and oxygen atoms in total. The van der Waals surface area contributed by atoms with Gasteiger partial charge in [-0.25, -0.2) is 8.42 Å². The molecule has 0 heterocycles. The highest BCUT2D eigenvalue weighted by molar-refractivity contribution is 7.89. The van der Waals surface area contributed by atoms with Gasteiger partial charge in [0.1, 0.15) is 10.6 Å². The summed E-state index contributed by atoms with van der Waals surface area (Å²) in [4.78, 5) is 12.2. The third kappa shape index (κ3) is 5.25. The highest BCUT2D eigenvalue weighted by Crippen LogP contribution is 2.30. The maximum atomic E-state index is 12.9. The van der Waals surface area contributed by atoms with Crippen molar-refractivity contribution >= 4 is 33.2 Å². The van der Waals surface area contributed by atoms with Crippen LogP contribution >= 0.6 is 11.6 Å². The average molecular weight is 425 g/mol. The number of hydrogen-bond acceptors (Lipinski definition) is 4. The maximum Gasteiger partial charge on any atom is 0.262 e. The van der Waals surface area contributed by atoms with Crippen LogP contribution in [0.15, 0.2) is 41.3 Å². The topological polar surface area (TPSA) is 75.7 Å². The van der Waals surface area contributed by atoms with Crippen molar-refractivity contribution in [2.75, 3.05) is 25.0 Å². The standard InChI is InChI=1S/C20H25ClN2O4S/c1-5-23(6-2)28(25,26)19-12-16(21)8-10-18(19)27-13-20(24)22-17-9-7-14(3)15(4)11-17/h7-12H,5-6,13H2,1-4H3,(H,22,24). The molecule has 0 aromatic heterocycles. The molecule has 0 aliphatic rings. The monoisotopic (exact) mass is 424 g/mol. The van der Waals surface area contributed by atoms with Crippen LogP contribution in [-0.2, 0) is 14.8 Å². The zero-order valence-electron chi connectivity index (χ0n) is 16.5. The predicted molar refractivity (Wildman–Crippen MR) is 112 cm³/mol. The van der Waals surface area contributed by atoms with Gasteiger partial charge in [0, 0.05) is 23.8 Å². The highest BCUT2D eigenvalue weighted by Gasteiger charge is 2.26. The lowest BCUT2D eigenvalue weighted by Gasteiger charge is -2.20. The van der Waals surface area contributed by atoms with Gasteiger partial charge in [-0.15, -0.1) is 0 Å². The lowest BCUT2D eigenvalue weighted by atomic mass is 10.1. The third-order valence-corrected chi connectivity index (χ3v) is 6.68. The van der Waals surface area contributed by atoms with Crippen LogP contribution in [-0.4, -0.2) is 38.3 Å². The second-order valence-corrected chi connectivity index (χ2v) is 8.66. The molecule has 0 saturated carbocycles. The van der Waals surface area contributed by atoms with Gasteiger partial charge in [0.2, 0.25) is 10.0 Å². The predicted octanol–water partition coefficient (Wildman–Crippen LogP) is 4.00. The first kappa shape index (κ1) is 22.2. The fourth-order valence-electron chi connectivity index (χ4n) is 2.66. The molecule has 152 valence electrons. The Morgan fingerprint density at radius 2 is 1.75 bits per heavy atom. The smallest absolute Gasteiger partial charge is 0.262 e. The molecule has 0 unspecified atom stereocenters. The van der Waals surface area contributed by atoms with Crippen molar-refractivity contribution in [1.82, 2.24) is 4.31 Å². The van der Waals surface area contributed by atoms with Crippen molar-refractivity contribution in [1.29, 1.82) is 0 Å². The number of hydrogen-bond donors (Lipinski definition) is 1. The molecule has 2 rings (SSSR count). The maximum absolute atomic E-state index is 12.9. The largest absolute Gasteiger partial charge is 0.482 e. The molecule has 0 atom stereocenters. The van der Waals surface area contributed by atoms with Gasteiger partial charge in [0.25, 0.3) is 5.91 Å². The van der Waals surface area contributed by atoms with E-state index >= 15 is 0 Å². The van der Waals surface area contributed by atoms with Crippen molar-refractivity contribution in [2.45, 2.75) is 32.6 Å². The number of amides is 1. The van der Waals surface area contributed by atoms with Crippen LogP contribution in [0, 0.1) is 13.8 Å². The Morgan fingerprint density at radius 1 is 1.07 bits per heavy atom. The molecule has 0 spiro atoms. The van der Waals surface area contributed by atoms with Gasteiger partial charge in [0.05, 0.1) is 0 Å². The van der Waals surface area contributed by atoms with Crippen molar-refractivity contribution in [3.63, 3.8) is 0 Å². The lowest BCUT2D eigenvalue weighted by Crippen LogP contribution is -2.31. The van der Waals surface area contributed by atoms with Gasteiger partial charge in [-0.05, 0) is 55.3 Å². The minimum absolute atomic E-state index is 0.0531. The second-order valence-electron chi connectivity index (χ2n) is 6.32. The van der Waals surface area contributed by atoms with Gasteiger partial charge in [-0.3, -0.25) is 4.79 Å². The van der Waals surface area contributed by atoms with Gasteiger partial charge in [-0.1, -0.05) is 31.5 Å². The molecule has 0 saturated heterocycles. The Balaban J connectivity index is 2.18. The van der Waals surface area contributed by atoms with E-state index in [4.69, 9.17) is 16.3 Å². The number of ether oxygens (including phenoxy) is 1. The Morgan fingerprint density at radius 3 is 2.36 bits per heavy atom. The molecule has 28 heavy (non-hydrogen) atoms. The van der Waals surface area contributed by atoms with E-state index in [-0.39, 0.29) is 28.2 Å². The first-order valence-electron chi connectivity index (χ1n) is 8.98. The zero-order valence-corrected chi connectivity index (χ0v) is 18.0. The van der Waals surface area contributed by atoms with E-state index in [1.165, 1.54) is 22.5 Å². The van der Waals surface area contributed by atoms with Crippen LogP contribution in [0.5, 0.6) is 5.75 Å². The molecule has 0 radical (unpaired) electrons. The highest BCUT2D eigenvalue weighted by atomic mass is 35.5. The third-order valence-electron chi connectivity index (χ3n) is 4.38. The van der Waals surface area contributed by atoms with Crippen LogP contribution in [0.2, 0.25) is 5.02 Å². The average Bonchev–Trinajstić information content (AvgIpc) is 2.64. The number of sulfonamides is 1. The van der Waals surface area contributed by atoms with Crippen LogP contribution in [0.3, 0.4) is 0 Å². The quantitative estimate of drug-likeness (QED) is 0.694. The van der Waals surface area contributed by atoms with Crippen molar-refractivity contribution < 1.29 is 17.9 Å². The number of benzene rings is 2. The first-order valence-corrected chi connectivity index (χ1v) is 10.8. The van der Waals surface area contributed by atoms with Crippen LogP contribution < -0.4 is 10.1 Å². The minimum Gasteiger partial charge on any atom is -0.482 e. The SMILES string of the molecule is CCN(CC)S(=O)(=O)c1cc(Cl)ccc1OCC(=O)Nc1ccc(C)c(C)c1. The summed E-state index contributed by atoms with van der Waals surface area (Å²) in [6.07, 6.45) is 0. The molecule has 0 fully saturated rings. The van der Waals surface area contributed by atoms with E-state index in [0.717, 1.165) is 11.1 Å². The molecule has 0 aliphatic carbocycles. The summed E-state index contributed by atoms with van der Waals surface area (Å²) in [5.41, 5.74) is 2.84. The summed E-state index contributed by atoms with van der Waals surface area (Å²) in [5, 5.41) is 3.02. The van der Waals surface area contributed by atoms with Gasteiger partial charge in [-0.2, -0.15) is 4.31 Å². The molecule has 0 aliphatic heterocycles. The van der Waals surface area contributed by atoms with Crippen molar-refractivity contribution in [2.24, 2.45) is 0 Å². The van der Waals surface area contributed by atoms with E-state index in [2.05, 4.69) is 5.32 Å². The Hall–Kier alpha value is -2.09. The molecular formula is C20H25ClN2O4S. The number of rotatable bonds is 8. The number of carbonyl (C=O) groups is 1. The molecule has 2 aromatic rings. The number of nitrogens with zero attached hydrogens (tertiary/aromatic N) is 1. The number of halogens is 1. The zero-order chi connectivity index (χ0) is 20.9. The fourth-order valence-corrected chi connectivity index (χ4v) is 4.52. The van der Waals surface area contributed by atoms with Crippen LogP contribution in [0.1, 0.15) is 25.0 Å². The fraction of sp³-hybridized carbons (Fsp3) is 0.350. The molecule has 1 N–H and O–H groups in total. The first-order chi connectivity index (χ1) is 13.2. The van der Waals surface area contributed by atoms with Crippen molar-refractivity contribution in [3.05, 3.63) is 52.5 Å². The molecule has 8 heteroatoms. The number of nitrogens with one attached hydrogen (secondary N) is 1. The molecule has 0 bridgehead atoms. The molecule has 2 aromatic carbocycles.